The molecule has 0 spiro atoms. The smallest absolute Gasteiger partial charge is 0.330 e. The molecular formula is C26H34N2O5. The van der Waals surface area contributed by atoms with E-state index in [0.717, 1.165) is 44.3 Å². The van der Waals surface area contributed by atoms with E-state index in [9.17, 15) is 9.90 Å². The van der Waals surface area contributed by atoms with Crippen LogP contribution in [0.5, 0.6) is 17.2 Å². The molecule has 0 aromatic heterocycles. The minimum absolute atomic E-state index is 0.0103. The van der Waals surface area contributed by atoms with E-state index in [-0.39, 0.29) is 11.7 Å². The van der Waals surface area contributed by atoms with Crippen molar-refractivity contribution in [2.45, 2.75) is 51.9 Å². The van der Waals surface area contributed by atoms with Crippen molar-refractivity contribution in [2.24, 2.45) is 10.2 Å². The highest BCUT2D eigenvalue weighted by Crippen LogP contribution is 2.32. The highest BCUT2D eigenvalue weighted by molar-refractivity contribution is 5.81. The van der Waals surface area contributed by atoms with E-state index in [1.807, 2.05) is 24.3 Å². The molecule has 0 aliphatic rings. The van der Waals surface area contributed by atoms with Crippen LogP contribution in [0, 0.1) is 0 Å². The molecule has 0 fully saturated rings. The third-order valence-electron chi connectivity index (χ3n) is 4.79. The Bertz CT molecular complexity index is 881. The lowest BCUT2D eigenvalue weighted by atomic mass is 10.2. The Labute approximate surface area is 196 Å². The fourth-order valence-corrected chi connectivity index (χ4v) is 2.92. The Morgan fingerprint density at radius 2 is 1.52 bits per heavy atom. The molecule has 2 aromatic carbocycles. The molecule has 7 nitrogen and oxygen atoms in total. The largest absolute Gasteiger partial charge is 0.505 e. The summed E-state index contributed by atoms with van der Waals surface area (Å²) in [5.41, 5.74) is 1.05. The van der Waals surface area contributed by atoms with Crippen LogP contribution in [0.4, 0.5) is 11.4 Å². The van der Waals surface area contributed by atoms with E-state index in [0.29, 0.717) is 36.9 Å². The number of aromatic hydroxyl groups is 1. The van der Waals surface area contributed by atoms with Crippen molar-refractivity contribution in [1.29, 1.82) is 0 Å². The molecule has 0 aliphatic carbocycles. The van der Waals surface area contributed by atoms with E-state index in [2.05, 4.69) is 23.7 Å². The number of phenolic OH excluding ortho intramolecular Hbond substituents is 1. The van der Waals surface area contributed by atoms with Gasteiger partial charge in [-0.15, -0.1) is 5.11 Å². The molecule has 0 atom stereocenters. The van der Waals surface area contributed by atoms with Crippen LogP contribution in [0.1, 0.15) is 51.9 Å². The van der Waals surface area contributed by atoms with Gasteiger partial charge in [-0.1, -0.05) is 26.3 Å². The molecule has 0 bridgehead atoms. The molecular weight excluding hydrogens is 420 g/mol. The zero-order valence-corrected chi connectivity index (χ0v) is 19.4. The van der Waals surface area contributed by atoms with Crippen LogP contribution in [0.3, 0.4) is 0 Å². The van der Waals surface area contributed by atoms with Crippen molar-refractivity contribution >= 4 is 17.3 Å². The summed E-state index contributed by atoms with van der Waals surface area (Å²) in [6.45, 7) is 7.18. The van der Waals surface area contributed by atoms with Gasteiger partial charge >= 0.3 is 5.97 Å². The fraction of sp³-hybridized carbons (Fsp3) is 0.423. The quantitative estimate of drug-likeness (QED) is 0.127. The topological polar surface area (TPSA) is 89.7 Å². The van der Waals surface area contributed by atoms with E-state index in [4.69, 9.17) is 14.2 Å². The molecule has 7 heteroatoms. The van der Waals surface area contributed by atoms with Gasteiger partial charge < -0.3 is 19.3 Å². The SMILES string of the molecule is C=CC(=O)OCCCCCCOc1ccc(N=Nc2ccc(OCCCCC)cc2)c(O)c1. The van der Waals surface area contributed by atoms with E-state index in [1.54, 1.807) is 12.1 Å². The van der Waals surface area contributed by atoms with Crippen LogP contribution >= 0.6 is 0 Å². The zero-order chi connectivity index (χ0) is 23.7. The molecule has 2 aromatic rings. The predicted octanol–water partition coefficient (Wildman–Crippen LogP) is 7.05. The number of carbonyl (C=O) groups excluding carboxylic acids is 1. The van der Waals surface area contributed by atoms with Crippen LogP contribution < -0.4 is 9.47 Å². The predicted molar refractivity (Wildman–Crippen MR) is 129 cm³/mol. The molecule has 0 saturated carbocycles. The Kier molecular flexibility index (Phi) is 12.1. The van der Waals surface area contributed by atoms with Gasteiger partial charge in [-0.25, -0.2) is 4.79 Å². The van der Waals surface area contributed by atoms with Crippen molar-refractivity contribution in [1.82, 2.24) is 0 Å². The Morgan fingerprint density at radius 1 is 0.879 bits per heavy atom. The Hall–Kier alpha value is -3.35. The number of azo groups is 1. The van der Waals surface area contributed by atoms with Gasteiger partial charge in [0.2, 0.25) is 0 Å². The molecule has 0 aliphatic heterocycles. The molecule has 0 saturated heterocycles. The van der Waals surface area contributed by atoms with Gasteiger partial charge in [-0.2, -0.15) is 5.11 Å². The number of hydrogen-bond donors (Lipinski definition) is 1. The van der Waals surface area contributed by atoms with Gasteiger partial charge in [-0.3, -0.25) is 0 Å². The fourth-order valence-electron chi connectivity index (χ4n) is 2.92. The summed E-state index contributed by atoms with van der Waals surface area (Å²) in [5, 5.41) is 18.5. The second-order valence-corrected chi connectivity index (χ2v) is 7.53. The van der Waals surface area contributed by atoms with Gasteiger partial charge in [0.25, 0.3) is 0 Å². The first-order valence-corrected chi connectivity index (χ1v) is 11.5. The van der Waals surface area contributed by atoms with Gasteiger partial charge in [-0.05, 0) is 68.5 Å². The summed E-state index contributed by atoms with van der Waals surface area (Å²) >= 11 is 0. The summed E-state index contributed by atoms with van der Waals surface area (Å²) in [5.74, 6) is 1.01. The average Bonchev–Trinajstić information content (AvgIpc) is 2.83. The maximum atomic E-state index is 10.9. The third kappa shape index (κ3) is 10.7. The first-order valence-electron chi connectivity index (χ1n) is 11.5. The number of esters is 1. The number of carbonyl (C=O) groups is 1. The van der Waals surface area contributed by atoms with E-state index < -0.39 is 0 Å². The first kappa shape index (κ1) is 25.9. The Balaban J connectivity index is 1.70. The number of benzene rings is 2. The van der Waals surface area contributed by atoms with Gasteiger partial charge in [0.05, 0.1) is 25.5 Å². The summed E-state index contributed by atoms with van der Waals surface area (Å²) in [7, 11) is 0. The standard InChI is InChI=1S/C26H34N2O5/c1-3-5-8-17-31-22-13-11-21(12-14-22)27-28-24-16-15-23(20-25(24)29)32-18-9-6-7-10-19-33-26(30)4-2/h4,11-16,20,29H,2-3,5-10,17-19H2,1H3. The summed E-state index contributed by atoms with van der Waals surface area (Å²) in [4.78, 5) is 10.9. The average molecular weight is 455 g/mol. The van der Waals surface area contributed by atoms with Crippen molar-refractivity contribution < 1.29 is 24.1 Å². The zero-order valence-electron chi connectivity index (χ0n) is 19.4. The maximum absolute atomic E-state index is 10.9. The maximum Gasteiger partial charge on any atom is 0.330 e. The van der Waals surface area contributed by atoms with Crippen LogP contribution in [0.2, 0.25) is 0 Å². The summed E-state index contributed by atoms with van der Waals surface area (Å²) < 4.78 is 16.3. The van der Waals surface area contributed by atoms with Gasteiger partial charge in [0, 0.05) is 12.1 Å². The molecule has 0 amide bonds. The van der Waals surface area contributed by atoms with Gasteiger partial charge in [0.1, 0.15) is 22.9 Å². The third-order valence-corrected chi connectivity index (χ3v) is 4.79. The number of nitrogens with zero attached hydrogens (tertiary/aromatic N) is 2. The van der Waals surface area contributed by atoms with Crippen LogP contribution in [0.25, 0.3) is 0 Å². The van der Waals surface area contributed by atoms with Crippen LogP contribution in [-0.4, -0.2) is 30.9 Å². The molecule has 1 N–H and O–H groups in total. The monoisotopic (exact) mass is 454 g/mol. The first-order chi connectivity index (χ1) is 16.1. The molecule has 2 rings (SSSR count). The number of unbranched alkanes of at least 4 members (excludes halogenated alkanes) is 5. The van der Waals surface area contributed by atoms with Crippen molar-refractivity contribution in [2.75, 3.05) is 19.8 Å². The summed E-state index contributed by atoms with van der Waals surface area (Å²) in [6.07, 6.45) is 8.14. The number of phenols is 1. The number of rotatable bonds is 16. The lowest BCUT2D eigenvalue weighted by molar-refractivity contribution is -0.137. The molecule has 0 unspecified atom stereocenters. The summed E-state index contributed by atoms with van der Waals surface area (Å²) in [6, 6.07) is 12.4. The Morgan fingerprint density at radius 3 is 2.18 bits per heavy atom. The highest BCUT2D eigenvalue weighted by atomic mass is 16.5. The lowest BCUT2D eigenvalue weighted by Gasteiger charge is -2.07. The second kappa shape index (κ2) is 15.5. The minimum atomic E-state index is -0.387. The normalized spacial score (nSPS) is 10.8. The molecule has 0 radical (unpaired) electrons. The van der Waals surface area contributed by atoms with Crippen LogP contribution in [-0.2, 0) is 9.53 Å². The van der Waals surface area contributed by atoms with Crippen molar-refractivity contribution in [3.05, 3.63) is 55.1 Å². The number of hydrogen-bond acceptors (Lipinski definition) is 7. The van der Waals surface area contributed by atoms with E-state index >= 15 is 0 Å². The van der Waals surface area contributed by atoms with Gasteiger partial charge in [0.15, 0.2) is 0 Å². The van der Waals surface area contributed by atoms with Crippen molar-refractivity contribution in [3.8, 4) is 17.2 Å². The molecule has 0 heterocycles. The minimum Gasteiger partial charge on any atom is -0.505 e. The van der Waals surface area contributed by atoms with E-state index in [1.165, 1.54) is 18.6 Å². The molecule has 178 valence electrons. The highest BCUT2D eigenvalue weighted by Gasteiger charge is 2.04. The lowest BCUT2D eigenvalue weighted by Crippen LogP contribution is -2.02. The number of ether oxygens (including phenoxy) is 3. The van der Waals surface area contributed by atoms with Crippen LogP contribution in [0.15, 0.2) is 65.3 Å². The molecule has 33 heavy (non-hydrogen) atoms. The van der Waals surface area contributed by atoms with Crippen molar-refractivity contribution in [3.63, 3.8) is 0 Å². The second-order valence-electron chi connectivity index (χ2n) is 7.53.